The molecule has 0 spiro atoms. The molecule has 0 radical (unpaired) electrons. The fourth-order valence-corrected chi connectivity index (χ4v) is 2.63. The molecule has 0 aromatic rings. The Morgan fingerprint density at radius 3 is 3.06 bits per heavy atom. The minimum atomic E-state index is -0.171. The van der Waals surface area contributed by atoms with E-state index < -0.39 is 0 Å². The number of rotatable bonds is 2. The topological polar surface area (TPSA) is 61.8 Å². The number of nitrogens with zero attached hydrogens (tertiary/aromatic N) is 1. The van der Waals surface area contributed by atoms with Crippen LogP contribution < -0.4 is 5.32 Å². The van der Waals surface area contributed by atoms with Crippen molar-refractivity contribution >= 4 is 5.91 Å². The van der Waals surface area contributed by atoms with E-state index in [2.05, 4.69) is 12.2 Å². The predicted octanol–water partition coefficient (Wildman–Crippen LogP) is -0.263. The number of amides is 1. The molecule has 0 aliphatic carbocycles. The summed E-state index contributed by atoms with van der Waals surface area (Å²) in [5.41, 5.74) is 0. The van der Waals surface area contributed by atoms with E-state index in [4.69, 9.17) is 4.74 Å². The fraction of sp³-hybridized carbons (Fsp3) is 0.917. The second-order valence-corrected chi connectivity index (χ2v) is 4.99. The summed E-state index contributed by atoms with van der Waals surface area (Å²) in [4.78, 5) is 14.1. The Morgan fingerprint density at radius 2 is 2.35 bits per heavy atom. The first-order chi connectivity index (χ1) is 8.22. The summed E-state index contributed by atoms with van der Waals surface area (Å²) < 4.78 is 5.29. The zero-order valence-electron chi connectivity index (χ0n) is 10.4. The monoisotopic (exact) mass is 242 g/mol. The minimum absolute atomic E-state index is 0.0198. The summed E-state index contributed by atoms with van der Waals surface area (Å²) in [5, 5.41) is 12.6. The van der Waals surface area contributed by atoms with Crippen molar-refractivity contribution in [1.29, 1.82) is 0 Å². The molecule has 0 aromatic carbocycles. The number of hydrogen-bond acceptors (Lipinski definition) is 4. The van der Waals surface area contributed by atoms with Gasteiger partial charge in [0.05, 0.1) is 31.9 Å². The van der Waals surface area contributed by atoms with Crippen molar-refractivity contribution in [3.05, 3.63) is 0 Å². The van der Waals surface area contributed by atoms with E-state index >= 15 is 0 Å². The molecule has 2 aliphatic rings. The van der Waals surface area contributed by atoms with Crippen molar-refractivity contribution in [3.8, 4) is 0 Å². The van der Waals surface area contributed by atoms with Gasteiger partial charge in [0.1, 0.15) is 0 Å². The van der Waals surface area contributed by atoms with E-state index in [0.29, 0.717) is 25.8 Å². The average molecular weight is 242 g/mol. The number of aliphatic hydroxyl groups excluding tert-OH is 1. The summed E-state index contributed by atoms with van der Waals surface area (Å²) in [6.45, 7) is 3.71. The van der Waals surface area contributed by atoms with Crippen LogP contribution in [0.5, 0.6) is 0 Å². The van der Waals surface area contributed by atoms with Crippen LogP contribution in [0.25, 0.3) is 0 Å². The molecule has 3 unspecified atom stereocenters. The molecule has 98 valence electrons. The zero-order valence-corrected chi connectivity index (χ0v) is 10.4. The third-order valence-corrected chi connectivity index (χ3v) is 3.64. The molecule has 2 heterocycles. The Kier molecular flexibility index (Phi) is 4.36. The minimum Gasteiger partial charge on any atom is -0.394 e. The van der Waals surface area contributed by atoms with Gasteiger partial charge >= 0.3 is 0 Å². The molecule has 0 bridgehead atoms. The molecule has 5 heteroatoms. The smallest absolute Gasteiger partial charge is 0.240 e. The lowest BCUT2D eigenvalue weighted by Crippen LogP contribution is -2.58. The van der Waals surface area contributed by atoms with Crippen molar-refractivity contribution in [2.45, 2.75) is 44.3 Å². The van der Waals surface area contributed by atoms with E-state index in [1.165, 1.54) is 0 Å². The largest absolute Gasteiger partial charge is 0.394 e. The van der Waals surface area contributed by atoms with Crippen LogP contribution in [-0.4, -0.2) is 60.4 Å². The Hall–Kier alpha value is -0.650. The number of piperidine rings is 1. The zero-order chi connectivity index (χ0) is 12.3. The highest BCUT2D eigenvalue weighted by Crippen LogP contribution is 2.16. The Labute approximate surface area is 102 Å². The maximum atomic E-state index is 12.4. The van der Waals surface area contributed by atoms with Crippen LogP contribution in [0.15, 0.2) is 0 Å². The van der Waals surface area contributed by atoms with Crippen LogP contribution >= 0.6 is 0 Å². The van der Waals surface area contributed by atoms with Crippen LogP contribution in [0, 0.1) is 0 Å². The summed E-state index contributed by atoms with van der Waals surface area (Å²) in [5.74, 6) is 0.124. The number of morpholine rings is 1. The van der Waals surface area contributed by atoms with E-state index in [-0.39, 0.29) is 24.6 Å². The summed E-state index contributed by atoms with van der Waals surface area (Å²) >= 11 is 0. The van der Waals surface area contributed by atoms with Crippen molar-refractivity contribution in [2.75, 3.05) is 26.4 Å². The first-order valence-corrected chi connectivity index (χ1v) is 6.47. The fourth-order valence-electron chi connectivity index (χ4n) is 2.63. The lowest BCUT2D eigenvalue weighted by molar-refractivity contribution is -0.144. The van der Waals surface area contributed by atoms with Crippen molar-refractivity contribution in [1.82, 2.24) is 10.2 Å². The second kappa shape index (κ2) is 5.80. The van der Waals surface area contributed by atoms with E-state index in [0.717, 1.165) is 19.3 Å². The van der Waals surface area contributed by atoms with Gasteiger partial charge in [0.15, 0.2) is 0 Å². The number of carbonyl (C=O) groups excluding carboxylic acids is 1. The molecular weight excluding hydrogens is 220 g/mol. The third-order valence-electron chi connectivity index (χ3n) is 3.64. The number of hydrogen-bond donors (Lipinski definition) is 2. The van der Waals surface area contributed by atoms with Crippen molar-refractivity contribution < 1.29 is 14.6 Å². The Balaban J connectivity index is 1.97. The summed E-state index contributed by atoms with van der Waals surface area (Å²) in [6.07, 6.45) is 3.13. The van der Waals surface area contributed by atoms with E-state index in [9.17, 15) is 9.90 Å². The van der Waals surface area contributed by atoms with Gasteiger partial charge < -0.3 is 20.1 Å². The molecule has 2 aliphatic heterocycles. The maximum absolute atomic E-state index is 12.4. The van der Waals surface area contributed by atoms with Gasteiger partial charge in [-0.25, -0.2) is 0 Å². The molecular formula is C12H22N2O3. The number of ether oxygens (including phenoxy) is 1. The molecule has 2 fully saturated rings. The van der Waals surface area contributed by atoms with Crippen molar-refractivity contribution in [2.24, 2.45) is 0 Å². The van der Waals surface area contributed by atoms with Crippen LogP contribution in [-0.2, 0) is 9.53 Å². The maximum Gasteiger partial charge on any atom is 0.240 e. The van der Waals surface area contributed by atoms with Gasteiger partial charge in [-0.3, -0.25) is 4.79 Å². The van der Waals surface area contributed by atoms with Crippen LogP contribution in [0.2, 0.25) is 0 Å². The first-order valence-electron chi connectivity index (χ1n) is 6.47. The number of aliphatic hydroxyl groups is 1. The van der Waals surface area contributed by atoms with Crippen LogP contribution in [0.4, 0.5) is 0 Å². The lowest BCUT2D eigenvalue weighted by Gasteiger charge is -2.38. The normalized spacial score (nSPS) is 34.7. The highest BCUT2D eigenvalue weighted by Gasteiger charge is 2.33. The first kappa shape index (κ1) is 12.8. The molecule has 2 N–H and O–H groups in total. The average Bonchev–Trinajstić information content (AvgIpc) is 2.38. The molecule has 1 amide bonds. The Bertz CT molecular complexity index is 272. The molecule has 2 saturated heterocycles. The lowest BCUT2D eigenvalue weighted by atomic mass is 9.98. The van der Waals surface area contributed by atoms with E-state index in [1.54, 1.807) is 4.90 Å². The molecule has 17 heavy (non-hydrogen) atoms. The van der Waals surface area contributed by atoms with Crippen molar-refractivity contribution in [3.63, 3.8) is 0 Å². The van der Waals surface area contributed by atoms with E-state index in [1.807, 2.05) is 0 Å². The molecule has 3 atom stereocenters. The second-order valence-electron chi connectivity index (χ2n) is 4.99. The van der Waals surface area contributed by atoms with Gasteiger partial charge in [-0.1, -0.05) is 0 Å². The molecule has 0 aromatic heterocycles. The number of carbonyl (C=O) groups is 1. The highest BCUT2D eigenvalue weighted by atomic mass is 16.5. The quantitative estimate of drug-likeness (QED) is 0.700. The Morgan fingerprint density at radius 1 is 1.53 bits per heavy atom. The van der Waals surface area contributed by atoms with Gasteiger partial charge in [0.25, 0.3) is 0 Å². The molecule has 0 saturated carbocycles. The predicted molar refractivity (Wildman–Crippen MR) is 63.6 cm³/mol. The summed E-state index contributed by atoms with van der Waals surface area (Å²) in [7, 11) is 0. The van der Waals surface area contributed by atoms with Gasteiger partial charge in [0.2, 0.25) is 5.91 Å². The van der Waals surface area contributed by atoms with Gasteiger partial charge in [-0.2, -0.15) is 0 Å². The van der Waals surface area contributed by atoms with Crippen LogP contribution in [0.1, 0.15) is 26.2 Å². The highest BCUT2D eigenvalue weighted by molar-refractivity contribution is 5.82. The number of nitrogens with one attached hydrogen (secondary N) is 1. The SMILES string of the molecule is CC1CCCC(C(=O)N2CCOCC2CO)N1. The van der Waals surface area contributed by atoms with Crippen LogP contribution in [0.3, 0.4) is 0 Å². The summed E-state index contributed by atoms with van der Waals surface area (Å²) in [6, 6.07) is 0.160. The van der Waals surface area contributed by atoms with Gasteiger partial charge in [0, 0.05) is 12.6 Å². The molecule has 5 nitrogen and oxygen atoms in total. The standard InChI is InChI=1S/C12H22N2O3/c1-9-3-2-4-11(13-9)12(16)14-5-6-17-8-10(14)7-15/h9-11,13,15H,2-8H2,1H3. The molecule has 2 rings (SSSR count). The third kappa shape index (κ3) is 2.97. The van der Waals surface area contributed by atoms with Gasteiger partial charge in [-0.15, -0.1) is 0 Å². The van der Waals surface area contributed by atoms with Gasteiger partial charge in [-0.05, 0) is 26.2 Å².